The van der Waals surface area contributed by atoms with Crippen molar-refractivity contribution in [3.63, 3.8) is 0 Å². The monoisotopic (exact) mass is 332 g/mol. The third-order valence-corrected chi connectivity index (χ3v) is 5.04. The van der Waals surface area contributed by atoms with E-state index in [2.05, 4.69) is 49.6 Å². The molecule has 1 aromatic carbocycles. The number of methoxy groups -OCH3 is 1. The number of hydrogen-bond donors (Lipinski definition) is 2. The van der Waals surface area contributed by atoms with E-state index in [9.17, 15) is 4.79 Å². The molecule has 4 heteroatoms. The van der Waals surface area contributed by atoms with Crippen molar-refractivity contribution in [2.45, 2.75) is 46.1 Å². The normalized spacial score (nSPS) is 18.4. The van der Waals surface area contributed by atoms with Gasteiger partial charge in [0.1, 0.15) is 0 Å². The van der Waals surface area contributed by atoms with E-state index in [4.69, 9.17) is 4.74 Å². The molecule has 4 nitrogen and oxygen atoms in total. The van der Waals surface area contributed by atoms with Crippen LogP contribution in [0.25, 0.3) is 0 Å². The molecule has 1 saturated heterocycles. The molecule has 1 atom stereocenters. The van der Waals surface area contributed by atoms with Crippen molar-refractivity contribution < 1.29 is 9.53 Å². The minimum atomic E-state index is -0.405. The minimum Gasteiger partial charge on any atom is -0.384 e. The van der Waals surface area contributed by atoms with Gasteiger partial charge in [-0.05, 0) is 56.3 Å². The van der Waals surface area contributed by atoms with Crippen LogP contribution in [0.15, 0.2) is 24.3 Å². The lowest BCUT2D eigenvalue weighted by Crippen LogP contribution is -2.51. The Morgan fingerprint density at radius 3 is 2.54 bits per heavy atom. The smallest absolute Gasteiger partial charge is 0.229 e. The van der Waals surface area contributed by atoms with E-state index in [1.807, 2.05) is 6.07 Å². The van der Waals surface area contributed by atoms with E-state index in [1.54, 1.807) is 7.11 Å². The molecule has 1 amide bonds. The average molecular weight is 332 g/mol. The summed E-state index contributed by atoms with van der Waals surface area (Å²) in [6.07, 6.45) is 2.60. The van der Waals surface area contributed by atoms with Gasteiger partial charge in [-0.25, -0.2) is 0 Å². The van der Waals surface area contributed by atoms with E-state index < -0.39 is 5.41 Å². The molecule has 2 rings (SSSR count). The Kier molecular flexibility index (Phi) is 6.81. The highest BCUT2D eigenvalue weighted by Gasteiger charge is 2.40. The molecule has 1 heterocycles. The second-order valence-electron chi connectivity index (χ2n) is 7.48. The summed E-state index contributed by atoms with van der Waals surface area (Å²) < 4.78 is 5.41. The number of benzene rings is 1. The molecule has 0 saturated carbocycles. The summed E-state index contributed by atoms with van der Waals surface area (Å²) in [6, 6.07) is 8.41. The SMILES string of the molecule is COCC1(C(=O)NC(CC(C)C)c2ccccc2C)CCNCC1. The van der Waals surface area contributed by atoms with Crippen molar-refractivity contribution in [1.82, 2.24) is 10.6 Å². The van der Waals surface area contributed by atoms with Crippen LogP contribution in [-0.2, 0) is 9.53 Å². The second kappa shape index (κ2) is 8.63. The van der Waals surface area contributed by atoms with Crippen molar-refractivity contribution in [1.29, 1.82) is 0 Å². The molecule has 1 unspecified atom stereocenters. The van der Waals surface area contributed by atoms with Crippen LogP contribution in [0.2, 0.25) is 0 Å². The van der Waals surface area contributed by atoms with Crippen LogP contribution < -0.4 is 10.6 Å². The fourth-order valence-electron chi connectivity index (χ4n) is 3.64. The molecule has 1 fully saturated rings. The minimum absolute atomic E-state index is 0.0577. The van der Waals surface area contributed by atoms with Gasteiger partial charge in [0, 0.05) is 7.11 Å². The van der Waals surface area contributed by atoms with Crippen LogP contribution >= 0.6 is 0 Å². The van der Waals surface area contributed by atoms with Crippen LogP contribution in [0.4, 0.5) is 0 Å². The zero-order valence-corrected chi connectivity index (χ0v) is 15.5. The van der Waals surface area contributed by atoms with Crippen molar-refractivity contribution >= 4 is 5.91 Å². The van der Waals surface area contributed by atoms with Gasteiger partial charge in [-0.15, -0.1) is 0 Å². The summed E-state index contributed by atoms with van der Waals surface area (Å²) in [5, 5.41) is 6.70. The largest absolute Gasteiger partial charge is 0.384 e. The molecular formula is C20H32N2O2. The Labute approximate surface area is 146 Å². The predicted octanol–water partition coefficient (Wildman–Crippen LogP) is 3.21. The van der Waals surface area contributed by atoms with Gasteiger partial charge in [0.05, 0.1) is 18.1 Å². The Hall–Kier alpha value is -1.39. The molecule has 134 valence electrons. The fourth-order valence-corrected chi connectivity index (χ4v) is 3.64. The number of amides is 1. The van der Waals surface area contributed by atoms with Crippen LogP contribution in [0.1, 0.15) is 50.3 Å². The van der Waals surface area contributed by atoms with E-state index in [0.29, 0.717) is 12.5 Å². The Balaban J connectivity index is 2.21. The Morgan fingerprint density at radius 2 is 1.96 bits per heavy atom. The summed E-state index contributed by atoms with van der Waals surface area (Å²) in [4.78, 5) is 13.2. The molecule has 0 aliphatic carbocycles. The van der Waals surface area contributed by atoms with Gasteiger partial charge < -0.3 is 15.4 Å². The molecule has 1 aliphatic rings. The number of carbonyl (C=O) groups excluding carboxylic acids is 1. The van der Waals surface area contributed by atoms with Gasteiger partial charge in [0.25, 0.3) is 0 Å². The first-order valence-corrected chi connectivity index (χ1v) is 9.04. The maximum absolute atomic E-state index is 13.2. The first-order valence-electron chi connectivity index (χ1n) is 9.04. The van der Waals surface area contributed by atoms with Gasteiger partial charge in [0.15, 0.2) is 0 Å². The molecule has 1 aliphatic heterocycles. The summed E-state index contributed by atoms with van der Waals surface area (Å²) in [5.74, 6) is 0.654. The number of rotatable bonds is 7. The predicted molar refractivity (Wildman–Crippen MR) is 97.9 cm³/mol. The zero-order valence-electron chi connectivity index (χ0n) is 15.5. The summed E-state index contributed by atoms with van der Waals surface area (Å²) in [6.45, 7) is 8.75. The first-order chi connectivity index (χ1) is 11.5. The quantitative estimate of drug-likeness (QED) is 0.806. The number of piperidine rings is 1. The summed E-state index contributed by atoms with van der Waals surface area (Å²) >= 11 is 0. The standard InChI is InChI=1S/C20H32N2O2/c1-15(2)13-18(17-8-6-5-7-16(17)3)22-19(23)20(14-24-4)9-11-21-12-10-20/h5-8,15,18,21H,9-14H2,1-4H3,(H,22,23). The number of carbonyl (C=O) groups is 1. The number of aryl methyl sites for hydroxylation is 1. The maximum Gasteiger partial charge on any atom is 0.229 e. The van der Waals surface area contributed by atoms with Crippen molar-refractivity contribution in [3.05, 3.63) is 35.4 Å². The lowest BCUT2D eigenvalue weighted by atomic mass is 9.78. The topological polar surface area (TPSA) is 50.4 Å². The summed E-state index contributed by atoms with van der Waals surface area (Å²) in [7, 11) is 1.68. The van der Waals surface area contributed by atoms with E-state index in [0.717, 1.165) is 32.4 Å². The summed E-state index contributed by atoms with van der Waals surface area (Å²) in [5.41, 5.74) is 2.05. The number of ether oxygens (including phenoxy) is 1. The fraction of sp³-hybridized carbons (Fsp3) is 0.650. The van der Waals surface area contributed by atoms with Crippen molar-refractivity contribution in [2.24, 2.45) is 11.3 Å². The van der Waals surface area contributed by atoms with Crippen LogP contribution in [-0.4, -0.2) is 32.7 Å². The third-order valence-electron chi connectivity index (χ3n) is 5.04. The number of nitrogens with one attached hydrogen (secondary N) is 2. The highest BCUT2D eigenvalue weighted by Crippen LogP contribution is 2.32. The molecular weight excluding hydrogens is 300 g/mol. The Morgan fingerprint density at radius 1 is 1.29 bits per heavy atom. The molecule has 24 heavy (non-hydrogen) atoms. The van der Waals surface area contributed by atoms with E-state index in [1.165, 1.54) is 11.1 Å². The van der Waals surface area contributed by atoms with Crippen LogP contribution in [0.5, 0.6) is 0 Å². The van der Waals surface area contributed by atoms with Gasteiger partial charge in [0.2, 0.25) is 5.91 Å². The van der Waals surface area contributed by atoms with Crippen molar-refractivity contribution in [2.75, 3.05) is 26.8 Å². The first kappa shape index (κ1) is 18.9. The van der Waals surface area contributed by atoms with Crippen LogP contribution in [0.3, 0.4) is 0 Å². The van der Waals surface area contributed by atoms with E-state index >= 15 is 0 Å². The molecule has 0 radical (unpaired) electrons. The van der Waals surface area contributed by atoms with Crippen molar-refractivity contribution in [3.8, 4) is 0 Å². The van der Waals surface area contributed by atoms with Gasteiger partial charge in [-0.1, -0.05) is 38.1 Å². The molecule has 1 aromatic rings. The lowest BCUT2D eigenvalue weighted by Gasteiger charge is -2.37. The van der Waals surface area contributed by atoms with Gasteiger partial charge >= 0.3 is 0 Å². The zero-order chi connectivity index (χ0) is 17.6. The highest BCUT2D eigenvalue weighted by molar-refractivity contribution is 5.83. The molecule has 0 aromatic heterocycles. The van der Waals surface area contributed by atoms with Crippen LogP contribution in [0, 0.1) is 18.3 Å². The van der Waals surface area contributed by atoms with Gasteiger partial charge in [-0.3, -0.25) is 4.79 Å². The molecule has 0 bridgehead atoms. The second-order valence-corrected chi connectivity index (χ2v) is 7.48. The average Bonchev–Trinajstić information content (AvgIpc) is 2.55. The highest BCUT2D eigenvalue weighted by atomic mass is 16.5. The third kappa shape index (κ3) is 4.58. The maximum atomic E-state index is 13.2. The molecule has 2 N–H and O–H groups in total. The lowest BCUT2D eigenvalue weighted by molar-refractivity contribution is -0.137. The Bertz CT molecular complexity index is 531. The van der Waals surface area contributed by atoms with Gasteiger partial charge in [-0.2, -0.15) is 0 Å². The van der Waals surface area contributed by atoms with E-state index in [-0.39, 0.29) is 11.9 Å². The molecule has 0 spiro atoms. The number of hydrogen-bond acceptors (Lipinski definition) is 3.